The Morgan fingerprint density at radius 2 is 1.89 bits per heavy atom. The molecule has 0 radical (unpaired) electrons. The quantitative estimate of drug-likeness (QED) is 0.626. The number of aromatic nitrogens is 1. The number of fused-ring (bicyclic) bond motifs is 1. The van der Waals surface area contributed by atoms with E-state index in [2.05, 4.69) is 0 Å². The van der Waals surface area contributed by atoms with Crippen LogP contribution >= 0.6 is 0 Å². The number of aliphatic hydroxyl groups excluding tert-OH is 1. The van der Waals surface area contributed by atoms with Crippen molar-refractivity contribution < 1.29 is 22.6 Å². The van der Waals surface area contributed by atoms with E-state index >= 15 is 0 Å². The van der Waals surface area contributed by atoms with Gasteiger partial charge in [-0.1, -0.05) is 18.2 Å². The van der Waals surface area contributed by atoms with Crippen molar-refractivity contribution in [2.45, 2.75) is 12.6 Å². The summed E-state index contributed by atoms with van der Waals surface area (Å²) in [6.07, 6.45) is 2.34. The smallest absolute Gasteiger partial charge is 0.176 e. The van der Waals surface area contributed by atoms with Gasteiger partial charge in [0.25, 0.3) is 0 Å². The van der Waals surface area contributed by atoms with Crippen LogP contribution in [0.2, 0.25) is 0 Å². The van der Waals surface area contributed by atoms with Crippen LogP contribution in [-0.2, 0) is 16.7 Å². The van der Waals surface area contributed by atoms with Crippen molar-refractivity contribution >= 4 is 20.9 Å². The van der Waals surface area contributed by atoms with Crippen LogP contribution in [0.3, 0.4) is 0 Å². The van der Waals surface area contributed by atoms with E-state index in [1.165, 1.54) is 0 Å². The molecule has 1 aromatic heterocycles. The maximum Gasteiger partial charge on any atom is 0.176 e. The number of rotatable bonds is 4. The first-order valence-electron chi connectivity index (χ1n) is 5.43. The summed E-state index contributed by atoms with van der Waals surface area (Å²) in [5.74, 6) is -0.771. The SMILES string of the molecule is O=S(=O)([O-])CC(O)C[n+]1ccc2ccccc2c1. The minimum absolute atomic E-state index is 0.0757. The third-order valence-electron chi connectivity index (χ3n) is 2.56. The van der Waals surface area contributed by atoms with Crippen molar-refractivity contribution in [3.05, 3.63) is 42.7 Å². The van der Waals surface area contributed by atoms with E-state index in [9.17, 15) is 18.1 Å². The molecule has 96 valence electrons. The first-order valence-corrected chi connectivity index (χ1v) is 7.01. The average Bonchev–Trinajstić information content (AvgIpc) is 2.26. The number of hydrogen-bond acceptors (Lipinski definition) is 4. The van der Waals surface area contributed by atoms with Gasteiger partial charge >= 0.3 is 0 Å². The monoisotopic (exact) mass is 267 g/mol. The molecule has 0 spiro atoms. The molecule has 18 heavy (non-hydrogen) atoms. The van der Waals surface area contributed by atoms with E-state index < -0.39 is 22.0 Å². The van der Waals surface area contributed by atoms with Crippen LogP contribution in [0.15, 0.2) is 42.7 Å². The highest BCUT2D eigenvalue weighted by Gasteiger charge is 2.14. The Kier molecular flexibility index (Phi) is 3.60. The van der Waals surface area contributed by atoms with Crippen LogP contribution in [0.1, 0.15) is 0 Å². The van der Waals surface area contributed by atoms with Gasteiger partial charge in [0.15, 0.2) is 18.9 Å². The van der Waals surface area contributed by atoms with Crippen molar-refractivity contribution in [2.75, 3.05) is 5.75 Å². The minimum atomic E-state index is -4.40. The van der Waals surface area contributed by atoms with Crippen molar-refractivity contribution in [2.24, 2.45) is 0 Å². The van der Waals surface area contributed by atoms with Crippen LogP contribution in [-0.4, -0.2) is 29.9 Å². The molecule has 6 heteroatoms. The highest BCUT2D eigenvalue weighted by Crippen LogP contribution is 2.09. The molecule has 1 N–H and O–H groups in total. The van der Waals surface area contributed by atoms with Crippen molar-refractivity contribution in [3.63, 3.8) is 0 Å². The van der Waals surface area contributed by atoms with Crippen LogP contribution < -0.4 is 4.57 Å². The van der Waals surface area contributed by atoms with E-state index in [-0.39, 0.29) is 6.54 Å². The average molecular weight is 267 g/mol. The molecule has 2 rings (SSSR count). The summed E-state index contributed by atoms with van der Waals surface area (Å²) in [4.78, 5) is 0. The molecule has 1 aromatic carbocycles. The molecule has 1 atom stereocenters. The maximum absolute atomic E-state index is 10.5. The van der Waals surface area contributed by atoms with E-state index in [0.29, 0.717) is 0 Å². The van der Waals surface area contributed by atoms with Gasteiger partial charge in [0.2, 0.25) is 0 Å². The lowest BCUT2D eigenvalue weighted by molar-refractivity contribution is -0.701. The molecular weight excluding hydrogens is 254 g/mol. The van der Waals surface area contributed by atoms with Gasteiger partial charge in [-0.2, -0.15) is 0 Å². The van der Waals surface area contributed by atoms with Crippen LogP contribution in [0.25, 0.3) is 10.8 Å². The molecule has 0 aliphatic rings. The van der Waals surface area contributed by atoms with E-state index in [1.54, 1.807) is 17.0 Å². The summed E-state index contributed by atoms with van der Waals surface area (Å²) in [5.41, 5.74) is 0. The largest absolute Gasteiger partial charge is 0.748 e. The summed E-state index contributed by atoms with van der Waals surface area (Å²) in [6.45, 7) is 0.0757. The zero-order valence-corrected chi connectivity index (χ0v) is 10.4. The zero-order valence-electron chi connectivity index (χ0n) is 9.56. The first kappa shape index (κ1) is 12.9. The molecule has 2 aromatic rings. The Hall–Kier alpha value is -1.50. The number of nitrogens with zero attached hydrogens (tertiary/aromatic N) is 1. The molecule has 1 unspecified atom stereocenters. The second kappa shape index (κ2) is 5.01. The topological polar surface area (TPSA) is 81.3 Å². The normalized spacial score (nSPS) is 13.7. The lowest BCUT2D eigenvalue weighted by Crippen LogP contribution is -2.41. The van der Waals surface area contributed by atoms with E-state index in [4.69, 9.17) is 0 Å². The number of pyridine rings is 1. The summed E-state index contributed by atoms with van der Waals surface area (Å²) in [6, 6.07) is 9.56. The molecule has 0 amide bonds. The second-order valence-electron chi connectivity index (χ2n) is 4.15. The van der Waals surface area contributed by atoms with Crippen LogP contribution in [0, 0.1) is 0 Å². The Morgan fingerprint density at radius 1 is 1.22 bits per heavy atom. The first-order chi connectivity index (χ1) is 8.44. The molecule has 1 heterocycles. The Labute approximate surface area is 105 Å². The van der Waals surface area contributed by atoms with Crippen molar-refractivity contribution in [1.82, 2.24) is 0 Å². The molecule has 0 saturated carbocycles. The number of hydrogen-bond donors (Lipinski definition) is 1. The van der Waals surface area contributed by atoms with Crippen LogP contribution in [0.5, 0.6) is 0 Å². The highest BCUT2D eigenvalue weighted by molar-refractivity contribution is 7.85. The molecule has 0 bridgehead atoms. The lowest BCUT2D eigenvalue weighted by Gasteiger charge is -2.10. The molecular formula is C12H13NO4S. The van der Waals surface area contributed by atoms with Gasteiger partial charge in [-0.15, -0.1) is 0 Å². The number of aliphatic hydroxyl groups is 1. The van der Waals surface area contributed by atoms with Gasteiger partial charge in [-0.3, -0.25) is 0 Å². The molecule has 5 nitrogen and oxygen atoms in total. The highest BCUT2D eigenvalue weighted by atomic mass is 32.2. The van der Waals surface area contributed by atoms with Gasteiger partial charge in [0, 0.05) is 11.5 Å². The summed E-state index contributed by atoms with van der Waals surface area (Å²) in [7, 11) is -4.40. The van der Waals surface area contributed by atoms with Crippen molar-refractivity contribution in [1.29, 1.82) is 0 Å². The summed E-state index contributed by atoms with van der Waals surface area (Å²) >= 11 is 0. The predicted octanol–water partition coefficient (Wildman–Crippen LogP) is 0.0334. The Bertz CT molecular complexity index is 654. The minimum Gasteiger partial charge on any atom is -0.748 e. The fourth-order valence-electron chi connectivity index (χ4n) is 1.82. The van der Waals surface area contributed by atoms with E-state index in [0.717, 1.165) is 10.8 Å². The second-order valence-corrected chi connectivity index (χ2v) is 5.60. The van der Waals surface area contributed by atoms with Gasteiger partial charge in [-0.25, -0.2) is 13.0 Å². The fraction of sp³-hybridized carbons (Fsp3) is 0.250. The molecule has 0 aliphatic heterocycles. The standard InChI is InChI=1S/C12H13NO4S/c14-12(9-18(15,16)17)8-13-6-5-10-3-1-2-4-11(10)7-13/h1-7,12,14H,8-9H2. The zero-order chi connectivity index (χ0) is 13.2. The summed E-state index contributed by atoms with van der Waals surface area (Å²) < 4.78 is 33.2. The third-order valence-corrected chi connectivity index (χ3v) is 3.36. The van der Waals surface area contributed by atoms with Crippen LogP contribution in [0.4, 0.5) is 0 Å². The van der Waals surface area contributed by atoms with E-state index in [1.807, 2.05) is 30.3 Å². The predicted molar refractivity (Wildman–Crippen MR) is 64.7 cm³/mol. The van der Waals surface area contributed by atoms with Gasteiger partial charge in [-0.05, 0) is 11.5 Å². The van der Waals surface area contributed by atoms with Gasteiger partial charge in [0.05, 0.1) is 15.9 Å². The Morgan fingerprint density at radius 3 is 2.56 bits per heavy atom. The van der Waals surface area contributed by atoms with Gasteiger partial charge < -0.3 is 9.66 Å². The third kappa shape index (κ3) is 3.49. The summed E-state index contributed by atoms with van der Waals surface area (Å²) in [5, 5.41) is 11.5. The molecule has 0 fully saturated rings. The molecule has 0 aliphatic carbocycles. The van der Waals surface area contributed by atoms with Crippen molar-refractivity contribution in [3.8, 4) is 0 Å². The lowest BCUT2D eigenvalue weighted by atomic mass is 10.2. The molecule has 0 saturated heterocycles. The Balaban J connectivity index is 2.17. The fourth-order valence-corrected chi connectivity index (χ4v) is 2.40. The number of benzene rings is 1. The van der Waals surface area contributed by atoms with Gasteiger partial charge in [0.1, 0.15) is 6.10 Å². The maximum atomic E-state index is 10.5.